The van der Waals surface area contributed by atoms with Crippen molar-refractivity contribution in [2.24, 2.45) is 0 Å². The maximum Gasteiger partial charge on any atom is 0.235 e. The second-order valence-electron chi connectivity index (χ2n) is 6.64. The van der Waals surface area contributed by atoms with Crippen molar-refractivity contribution in [3.63, 3.8) is 0 Å². The van der Waals surface area contributed by atoms with Crippen LogP contribution in [-0.4, -0.2) is 46.5 Å². The lowest BCUT2D eigenvalue weighted by Gasteiger charge is -2.25. The molecule has 0 N–H and O–H groups in total. The molecule has 0 atom stereocenters. The zero-order chi connectivity index (χ0) is 19.5. The third-order valence-corrected chi connectivity index (χ3v) is 4.77. The number of nitrogens with zero attached hydrogens (tertiary/aromatic N) is 4. The van der Waals surface area contributed by atoms with Gasteiger partial charge in [0.15, 0.2) is 0 Å². The first-order valence-corrected chi connectivity index (χ1v) is 9.21. The van der Waals surface area contributed by atoms with E-state index in [0.29, 0.717) is 56.4 Å². The number of amides is 1. The minimum Gasteiger partial charge on any atom is -0.480 e. The van der Waals surface area contributed by atoms with Crippen LogP contribution in [-0.2, 0) is 35.5 Å². The van der Waals surface area contributed by atoms with E-state index in [1.165, 1.54) is 0 Å². The lowest BCUT2D eigenvalue weighted by molar-refractivity contribution is -0.132. The molecule has 0 saturated carbocycles. The number of methoxy groups -OCH3 is 2. The second-order valence-corrected chi connectivity index (χ2v) is 6.64. The van der Waals surface area contributed by atoms with E-state index in [1.807, 2.05) is 29.2 Å². The minimum atomic E-state index is 0.0546. The molecule has 3 aromatic rings. The van der Waals surface area contributed by atoms with Gasteiger partial charge in [0.2, 0.25) is 17.7 Å². The number of ether oxygens (including phenoxy) is 2. The Balaban J connectivity index is 1.44. The summed E-state index contributed by atoms with van der Waals surface area (Å²) >= 11 is 0. The molecule has 1 aromatic carbocycles. The molecule has 2 aromatic heterocycles. The highest BCUT2D eigenvalue weighted by molar-refractivity contribution is 5.77. The number of aromatic nitrogens is 3. The van der Waals surface area contributed by atoms with Gasteiger partial charge in [-0.3, -0.25) is 4.79 Å². The first kappa shape index (κ1) is 18.4. The third-order valence-electron chi connectivity index (χ3n) is 4.77. The Bertz CT molecular complexity index is 1000. The van der Waals surface area contributed by atoms with Crippen molar-refractivity contribution in [2.75, 3.05) is 20.8 Å². The van der Waals surface area contributed by atoms with E-state index in [4.69, 9.17) is 13.9 Å². The number of rotatable bonds is 6. The molecule has 28 heavy (non-hydrogen) atoms. The van der Waals surface area contributed by atoms with E-state index < -0.39 is 0 Å². The normalized spacial score (nSPS) is 13.6. The van der Waals surface area contributed by atoms with Gasteiger partial charge in [0.25, 0.3) is 0 Å². The van der Waals surface area contributed by atoms with Crippen molar-refractivity contribution in [2.45, 2.75) is 32.4 Å². The first-order chi connectivity index (χ1) is 13.7. The number of aryl methyl sites for hydroxylation is 1. The Labute approximate surface area is 162 Å². The lowest BCUT2D eigenvalue weighted by Crippen LogP contribution is -2.36. The number of para-hydroxylation sites is 2. The van der Waals surface area contributed by atoms with Crippen molar-refractivity contribution < 1.29 is 18.7 Å². The van der Waals surface area contributed by atoms with E-state index in [1.54, 1.807) is 14.2 Å². The molecular weight excluding hydrogens is 360 g/mol. The Hall–Kier alpha value is -3.00. The maximum atomic E-state index is 12.7. The zero-order valence-corrected chi connectivity index (χ0v) is 16.0. The van der Waals surface area contributed by atoms with Crippen molar-refractivity contribution in [3.05, 3.63) is 47.3 Å². The van der Waals surface area contributed by atoms with Crippen molar-refractivity contribution in [3.8, 4) is 5.88 Å². The van der Waals surface area contributed by atoms with Gasteiger partial charge >= 0.3 is 0 Å². The second kappa shape index (κ2) is 7.93. The number of carbonyl (C=O) groups is 1. The van der Waals surface area contributed by atoms with Crippen molar-refractivity contribution in [1.29, 1.82) is 0 Å². The number of oxazole rings is 1. The average molecular weight is 382 g/mol. The van der Waals surface area contributed by atoms with Gasteiger partial charge in [0, 0.05) is 32.9 Å². The molecule has 1 aliphatic rings. The van der Waals surface area contributed by atoms with Crippen LogP contribution in [0.5, 0.6) is 5.88 Å². The monoisotopic (exact) mass is 382 g/mol. The standard InChI is InChI=1S/C20H22N4O4/c1-26-12-18-22-16-11-24(10-9-17(16)28-18)19(25)8-7-15-20(27-2)23-14-6-4-3-5-13(14)21-15/h3-6H,7-12H2,1-2H3. The zero-order valence-electron chi connectivity index (χ0n) is 16.0. The molecule has 0 fully saturated rings. The molecule has 0 unspecified atom stereocenters. The quantitative estimate of drug-likeness (QED) is 0.646. The van der Waals surface area contributed by atoms with Gasteiger partial charge in [-0.2, -0.15) is 0 Å². The van der Waals surface area contributed by atoms with Crippen LogP contribution in [0.15, 0.2) is 28.7 Å². The third kappa shape index (κ3) is 3.68. The molecule has 8 nitrogen and oxygen atoms in total. The van der Waals surface area contributed by atoms with Crippen LogP contribution >= 0.6 is 0 Å². The van der Waals surface area contributed by atoms with Gasteiger partial charge in [-0.25, -0.2) is 15.0 Å². The van der Waals surface area contributed by atoms with Crippen LogP contribution in [0, 0.1) is 0 Å². The summed E-state index contributed by atoms with van der Waals surface area (Å²) in [4.78, 5) is 28.1. The summed E-state index contributed by atoms with van der Waals surface area (Å²) in [6.45, 7) is 1.41. The number of fused-ring (bicyclic) bond motifs is 2. The van der Waals surface area contributed by atoms with Gasteiger partial charge in [-0.15, -0.1) is 0 Å². The summed E-state index contributed by atoms with van der Waals surface area (Å²) in [5.74, 6) is 1.92. The number of hydrogen-bond acceptors (Lipinski definition) is 7. The molecule has 4 rings (SSSR count). The highest BCUT2D eigenvalue weighted by Crippen LogP contribution is 2.23. The smallest absolute Gasteiger partial charge is 0.235 e. The molecular formula is C20H22N4O4. The van der Waals surface area contributed by atoms with Gasteiger partial charge in [0.1, 0.15) is 23.8 Å². The highest BCUT2D eigenvalue weighted by atomic mass is 16.5. The van der Waals surface area contributed by atoms with Crippen LogP contribution in [0.1, 0.15) is 29.5 Å². The number of carbonyl (C=O) groups excluding carboxylic acids is 1. The average Bonchev–Trinajstić information content (AvgIpc) is 3.13. The topological polar surface area (TPSA) is 90.6 Å². The van der Waals surface area contributed by atoms with Gasteiger partial charge in [-0.1, -0.05) is 12.1 Å². The van der Waals surface area contributed by atoms with E-state index in [-0.39, 0.29) is 5.91 Å². The fourth-order valence-electron chi connectivity index (χ4n) is 3.38. The molecule has 0 aliphatic carbocycles. The summed E-state index contributed by atoms with van der Waals surface area (Å²) in [6.07, 6.45) is 1.47. The fraction of sp³-hybridized carbons (Fsp3) is 0.400. The SMILES string of the molecule is COCc1nc2c(o1)CCN(C(=O)CCc1nc3ccccc3nc1OC)C2. The first-order valence-electron chi connectivity index (χ1n) is 9.21. The predicted molar refractivity (Wildman–Crippen MR) is 101 cm³/mol. The molecule has 8 heteroatoms. The molecule has 1 amide bonds. The summed E-state index contributed by atoms with van der Waals surface area (Å²) < 4.78 is 16.1. The number of benzene rings is 1. The largest absolute Gasteiger partial charge is 0.480 e. The van der Waals surface area contributed by atoms with Crippen LogP contribution in [0.4, 0.5) is 0 Å². The van der Waals surface area contributed by atoms with E-state index >= 15 is 0 Å². The van der Waals surface area contributed by atoms with E-state index in [0.717, 1.165) is 22.5 Å². The summed E-state index contributed by atoms with van der Waals surface area (Å²) in [5.41, 5.74) is 3.07. The van der Waals surface area contributed by atoms with Crippen molar-refractivity contribution in [1.82, 2.24) is 19.9 Å². The molecule has 0 saturated heterocycles. The molecule has 1 aliphatic heterocycles. The predicted octanol–water partition coefficient (Wildman–Crippen LogP) is 2.29. The Morgan fingerprint density at radius 2 is 1.96 bits per heavy atom. The molecule has 0 radical (unpaired) electrons. The fourth-order valence-corrected chi connectivity index (χ4v) is 3.38. The Morgan fingerprint density at radius 3 is 2.71 bits per heavy atom. The van der Waals surface area contributed by atoms with Crippen molar-refractivity contribution >= 4 is 16.9 Å². The minimum absolute atomic E-state index is 0.0546. The summed E-state index contributed by atoms with van der Waals surface area (Å²) in [5, 5.41) is 0. The van der Waals surface area contributed by atoms with E-state index in [9.17, 15) is 4.79 Å². The Kier molecular flexibility index (Phi) is 5.21. The number of hydrogen-bond donors (Lipinski definition) is 0. The van der Waals surface area contributed by atoms with Crippen LogP contribution in [0.2, 0.25) is 0 Å². The van der Waals surface area contributed by atoms with E-state index in [2.05, 4.69) is 15.0 Å². The molecule has 0 spiro atoms. The maximum absolute atomic E-state index is 12.7. The van der Waals surface area contributed by atoms with Gasteiger partial charge in [0.05, 0.1) is 24.7 Å². The molecule has 0 bridgehead atoms. The lowest BCUT2D eigenvalue weighted by atomic mass is 10.1. The van der Waals surface area contributed by atoms with Gasteiger partial charge in [-0.05, 0) is 12.1 Å². The van der Waals surface area contributed by atoms with Crippen LogP contribution in [0.25, 0.3) is 11.0 Å². The molecule has 3 heterocycles. The summed E-state index contributed by atoms with van der Waals surface area (Å²) in [7, 11) is 3.17. The molecule has 146 valence electrons. The van der Waals surface area contributed by atoms with Gasteiger partial charge < -0.3 is 18.8 Å². The highest BCUT2D eigenvalue weighted by Gasteiger charge is 2.25. The van der Waals surface area contributed by atoms with Crippen LogP contribution in [0.3, 0.4) is 0 Å². The Morgan fingerprint density at radius 1 is 1.18 bits per heavy atom. The summed E-state index contributed by atoms with van der Waals surface area (Å²) in [6, 6.07) is 7.62. The van der Waals surface area contributed by atoms with Crippen LogP contribution < -0.4 is 4.74 Å².